The maximum Gasteiger partial charge on any atom is 0.223 e. The smallest absolute Gasteiger partial charge is 0.223 e. The fraction of sp³-hybridized carbons (Fsp3) is 0.316. The molecule has 2 rings (SSSR count). The SMILES string of the molecule is CC(c1ccc(S(C)(=O)=O)cc1)N(C)C(=O)CCSc1ccc(F)cc1. The normalized spacial score (nSPS) is 12.6. The summed E-state index contributed by atoms with van der Waals surface area (Å²) in [6.45, 7) is 1.90. The Kier molecular flexibility index (Phi) is 6.83. The Morgan fingerprint density at radius 1 is 1.12 bits per heavy atom. The molecule has 7 heteroatoms. The van der Waals surface area contributed by atoms with Gasteiger partial charge in [0.1, 0.15) is 5.82 Å². The zero-order valence-corrected chi connectivity index (χ0v) is 16.6. The Morgan fingerprint density at radius 3 is 2.23 bits per heavy atom. The zero-order valence-electron chi connectivity index (χ0n) is 15.0. The second-order valence-electron chi connectivity index (χ2n) is 6.07. The first-order valence-corrected chi connectivity index (χ1v) is 11.0. The number of amides is 1. The lowest BCUT2D eigenvalue weighted by atomic mass is 10.1. The van der Waals surface area contributed by atoms with Gasteiger partial charge in [-0.05, 0) is 48.9 Å². The summed E-state index contributed by atoms with van der Waals surface area (Å²) in [6, 6.07) is 12.6. The molecule has 0 aromatic heterocycles. The van der Waals surface area contributed by atoms with Crippen LogP contribution >= 0.6 is 11.8 Å². The molecule has 1 unspecified atom stereocenters. The average molecular weight is 396 g/mol. The van der Waals surface area contributed by atoms with Crippen LogP contribution in [-0.4, -0.2) is 38.3 Å². The van der Waals surface area contributed by atoms with Crippen molar-refractivity contribution in [1.82, 2.24) is 4.90 Å². The molecule has 2 aromatic carbocycles. The number of sulfone groups is 1. The third-order valence-corrected chi connectivity index (χ3v) is 6.31. The lowest BCUT2D eigenvalue weighted by Gasteiger charge is -2.25. The number of carbonyl (C=O) groups is 1. The van der Waals surface area contributed by atoms with E-state index in [-0.39, 0.29) is 22.7 Å². The molecule has 1 amide bonds. The quantitative estimate of drug-likeness (QED) is 0.667. The van der Waals surface area contributed by atoms with Gasteiger partial charge in [0.15, 0.2) is 9.84 Å². The van der Waals surface area contributed by atoms with Gasteiger partial charge in [-0.3, -0.25) is 4.79 Å². The molecule has 0 aliphatic rings. The van der Waals surface area contributed by atoms with Crippen molar-refractivity contribution in [3.05, 3.63) is 59.9 Å². The summed E-state index contributed by atoms with van der Waals surface area (Å²) < 4.78 is 35.9. The van der Waals surface area contributed by atoms with E-state index in [1.165, 1.54) is 30.2 Å². The van der Waals surface area contributed by atoms with Gasteiger partial charge in [-0.2, -0.15) is 0 Å². The molecular weight excluding hydrogens is 373 g/mol. The van der Waals surface area contributed by atoms with Gasteiger partial charge < -0.3 is 4.90 Å². The molecule has 1 atom stereocenters. The standard InChI is InChI=1S/C19H22FNO3S2/c1-14(15-4-10-18(11-5-15)26(3,23)24)21(2)19(22)12-13-25-17-8-6-16(20)7-9-17/h4-11,14H,12-13H2,1-3H3. The first-order chi connectivity index (χ1) is 12.2. The molecule has 26 heavy (non-hydrogen) atoms. The molecule has 0 bridgehead atoms. The van der Waals surface area contributed by atoms with Crippen molar-refractivity contribution in [3.8, 4) is 0 Å². The van der Waals surface area contributed by atoms with Crippen LogP contribution in [0.5, 0.6) is 0 Å². The molecule has 0 N–H and O–H groups in total. The van der Waals surface area contributed by atoms with E-state index in [1.54, 1.807) is 48.3 Å². The number of hydrogen-bond acceptors (Lipinski definition) is 4. The number of halogens is 1. The number of benzene rings is 2. The zero-order chi connectivity index (χ0) is 19.3. The summed E-state index contributed by atoms with van der Waals surface area (Å²) in [6.07, 6.45) is 1.53. The fourth-order valence-electron chi connectivity index (χ4n) is 2.40. The van der Waals surface area contributed by atoms with Crippen LogP contribution < -0.4 is 0 Å². The summed E-state index contributed by atoms with van der Waals surface area (Å²) in [5, 5.41) is 0. The summed E-state index contributed by atoms with van der Waals surface area (Å²) in [4.78, 5) is 15.2. The van der Waals surface area contributed by atoms with Crippen molar-refractivity contribution >= 4 is 27.5 Å². The van der Waals surface area contributed by atoms with E-state index in [1.807, 2.05) is 6.92 Å². The molecular formula is C19H22FNO3S2. The van der Waals surface area contributed by atoms with Crippen molar-refractivity contribution in [2.45, 2.75) is 29.2 Å². The second-order valence-corrected chi connectivity index (χ2v) is 9.26. The number of nitrogens with zero attached hydrogens (tertiary/aromatic N) is 1. The Hall–Kier alpha value is -1.86. The van der Waals surface area contributed by atoms with Gasteiger partial charge in [-0.25, -0.2) is 12.8 Å². The Morgan fingerprint density at radius 2 is 1.69 bits per heavy atom. The minimum atomic E-state index is -3.23. The van der Waals surface area contributed by atoms with Gasteiger partial charge in [0.2, 0.25) is 5.91 Å². The minimum absolute atomic E-state index is 0.000647. The van der Waals surface area contributed by atoms with Crippen molar-refractivity contribution in [2.75, 3.05) is 19.1 Å². The summed E-state index contributed by atoms with van der Waals surface area (Å²) in [7, 11) is -1.49. The van der Waals surface area contributed by atoms with Crippen LogP contribution in [0.4, 0.5) is 4.39 Å². The number of rotatable bonds is 7. The van der Waals surface area contributed by atoms with E-state index < -0.39 is 9.84 Å². The molecule has 4 nitrogen and oxygen atoms in total. The van der Waals surface area contributed by atoms with E-state index in [4.69, 9.17) is 0 Å². The minimum Gasteiger partial charge on any atom is -0.339 e. The number of carbonyl (C=O) groups excluding carboxylic acids is 1. The number of hydrogen-bond donors (Lipinski definition) is 0. The van der Waals surface area contributed by atoms with E-state index in [0.29, 0.717) is 12.2 Å². The molecule has 140 valence electrons. The summed E-state index contributed by atoms with van der Waals surface area (Å²) >= 11 is 1.51. The summed E-state index contributed by atoms with van der Waals surface area (Å²) in [5.74, 6) is 0.328. The highest BCUT2D eigenvalue weighted by Gasteiger charge is 2.18. The van der Waals surface area contributed by atoms with E-state index in [2.05, 4.69) is 0 Å². The van der Waals surface area contributed by atoms with Crippen molar-refractivity contribution in [2.24, 2.45) is 0 Å². The highest BCUT2D eigenvalue weighted by Crippen LogP contribution is 2.23. The van der Waals surface area contributed by atoms with Crippen LogP contribution in [0.3, 0.4) is 0 Å². The van der Waals surface area contributed by atoms with Gasteiger partial charge in [0.05, 0.1) is 10.9 Å². The van der Waals surface area contributed by atoms with E-state index in [9.17, 15) is 17.6 Å². The Balaban J connectivity index is 1.91. The fourth-order valence-corrected chi connectivity index (χ4v) is 3.87. The van der Waals surface area contributed by atoms with Crippen LogP contribution in [0.2, 0.25) is 0 Å². The van der Waals surface area contributed by atoms with Gasteiger partial charge in [0.25, 0.3) is 0 Å². The first kappa shape index (κ1) is 20.5. The maximum absolute atomic E-state index is 12.9. The van der Waals surface area contributed by atoms with Crippen molar-refractivity contribution in [1.29, 1.82) is 0 Å². The summed E-state index contributed by atoms with van der Waals surface area (Å²) in [5.41, 5.74) is 0.874. The van der Waals surface area contributed by atoms with Crippen LogP contribution in [-0.2, 0) is 14.6 Å². The van der Waals surface area contributed by atoms with Crippen LogP contribution in [0.1, 0.15) is 24.9 Å². The Labute approximate surface area is 158 Å². The van der Waals surface area contributed by atoms with Gasteiger partial charge in [0, 0.05) is 30.4 Å². The molecule has 0 fully saturated rings. The molecule has 0 radical (unpaired) electrons. The molecule has 0 saturated carbocycles. The molecule has 0 aliphatic carbocycles. The van der Waals surface area contributed by atoms with Gasteiger partial charge in [-0.1, -0.05) is 12.1 Å². The molecule has 0 aliphatic heterocycles. The predicted octanol–water partition coefficient (Wildman–Crippen LogP) is 3.93. The van der Waals surface area contributed by atoms with Gasteiger partial charge in [-0.15, -0.1) is 11.8 Å². The highest BCUT2D eigenvalue weighted by molar-refractivity contribution is 7.99. The lowest BCUT2D eigenvalue weighted by molar-refractivity contribution is -0.131. The maximum atomic E-state index is 12.9. The van der Waals surface area contributed by atoms with Crippen LogP contribution in [0.25, 0.3) is 0 Å². The van der Waals surface area contributed by atoms with Crippen LogP contribution in [0, 0.1) is 5.82 Å². The monoisotopic (exact) mass is 395 g/mol. The predicted molar refractivity (Wildman–Crippen MR) is 102 cm³/mol. The van der Waals surface area contributed by atoms with E-state index >= 15 is 0 Å². The Bertz CT molecular complexity index is 849. The first-order valence-electron chi connectivity index (χ1n) is 8.12. The third-order valence-electron chi connectivity index (χ3n) is 4.16. The van der Waals surface area contributed by atoms with Gasteiger partial charge >= 0.3 is 0 Å². The van der Waals surface area contributed by atoms with Crippen molar-refractivity contribution in [3.63, 3.8) is 0 Å². The lowest BCUT2D eigenvalue weighted by Crippen LogP contribution is -2.29. The number of thioether (sulfide) groups is 1. The highest BCUT2D eigenvalue weighted by atomic mass is 32.2. The molecule has 0 spiro atoms. The topological polar surface area (TPSA) is 54.5 Å². The van der Waals surface area contributed by atoms with Crippen LogP contribution in [0.15, 0.2) is 58.3 Å². The molecule has 0 saturated heterocycles. The van der Waals surface area contributed by atoms with Crippen molar-refractivity contribution < 1.29 is 17.6 Å². The molecule has 0 heterocycles. The largest absolute Gasteiger partial charge is 0.339 e. The molecule has 2 aromatic rings. The third kappa shape index (κ3) is 5.57. The van der Waals surface area contributed by atoms with E-state index in [0.717, 1.165) is 10.5 Å². The second kappa shape index (κ2) is 8.68. The average Bonchev–Trinajstić information content (AvgIpc) is 2.61.